The van der Waals surface area contributed by atoms with Crippen LogP contribution in [0.4, 0.5) is 11.4 Å². The molecule has 10 nitrogen and oxygen atoms in total. The molecule has 2 saturated heterocycles. The fourth-order valence-corrected chi connectivity index (χ4v) is 8.37. The highest BCUT2D eigenvalue weighted by Gasteiger charge is 2.46. The van der Waals surface area contributed by atoms with E-state index in [0.717, 1.165) is 36.6 Å². The summed E-state index contributed by atoms with van der Waals surface area (Å²) in [5, 5.41) is 3.88. The standard InChI is InChI=1S/C31H39N5O5S/c1-20-6-7-21(2)28(16-20)34-10-12-35(13-11-34)31(37)26-19-36(42(38,39)30-22(3)32-41-23(30)4)18-25(26)24-8-9-27-29(17-24)40-15-14-33(27)5/h6-9,16-17,25-26H,10-15,18-19H2,1-5H3/t25-,26+/m0/s1. The minimum Gasteiger partial charge on any atom is -0.490 e. The van der Waals surface area contributed by atoms with E-state index in [1.165, 1.54) is 21.1 Å². The Bertz CT molecular complexity index is 1590. The lowest BCUT2D eigenvalue weighted by Gasteiger charge is -2.38. The van der Waals surface area contributed by atoms with Crippen molar-refractivity contribution in [3.63, 3.8) is 0 Å². The third-order valence-corrected chi connectivity index (χ3v) is 11.1. The summed E-state index contributed by atoms with van der Waals surface area (Å²) in [5.41, 5.74) is 5.86. The van der Waals surface area contributed by atoms with Crippen molar-refractivity contribution >= 4 is 27.3 Å². The van der Waals surface area contributed by atoms with E-state index < -0.39 is 15.9 Å². The highest BCUT2D eigenvalue weighted by Crippen LogP contribution is 2.41. The number of piperazine rings is 1. The molecule has 3 aromatic rings. The number of carbonyl (C=O) groups is 1. The first-order valence-electron chi connectivity index (χ1n) is 14.6. The van der Waals surface area contributed by atoms with E-state index in [0.29, 0.717) is 25.4 Å². The van der Waals surface area contributed by atoms with Crippen LogP contribution in [-0.4, -0.2) is 88.2 Å². The number of nitrogens with zero attached hydrogens (tertiary/aromatic N) is 5. The lowest BCUT2D eigenvalue weighted by atomic mass is 9.87. The Morgan fingerprint density at radius 3 is 2.40 bits per heavy atom. The molecule has 0 radical (unpaired) electrons. The molecule has 0 aliphatic carbocycles. The van der Waals surface area contributed by atoms with E-state index in [1.807, 2.05) is 30.1 Å². The van der Waals surface area contributed by atoms with E-state index in [4.69, 9.17) is 9.26 Å². The minimum absolute atomic E-state index is 0.00664. The van der Waals surface area contributed by atoms with E-state index in [2.05, 4.69) is 47.0 Å². The average Bonchev–Trinajstić information content (AvgIpc) is 3.58. The largest absolute Gasteiger partial charge is 0.490 e. The van der Waals surface area contributed by atoms with Gasteiger partial charge in [0.15, 0.2) is 5.76 Å². The number of carbonyl (C=O) groups excluding carboxylic acids is 1. The first-order valence-corrected chi connectivity index (χ1v) is 16.0. The Balaban J connectivity index is 1.28. The summed E-state index contributed by atoms with van der Waals surface area (Å²) in [4.78, 5) is 20.7. The molecule has 0 spiro atoms. The summed E-state index contributed by atoms with van der Waals surface area (Å²) in [7, 11) is -1.89. The van der Waals surface area contributed by atoms with Crippen molar-refractivity contribution < 1.29 is 22.5 Å². The first-order chi connectivity index (χ1) is 20.0. The van der Waals surface area contributed by atoms with Crippen molar-refractivity contribution in [1.29, 1.82) is 0 Å². The highest BCUT2D eigenvalue weighted by atomic mass is 32.2. The van der Waals surface area contributed by atoms with E-state index in [9.17, 15) is 13.2 Å². The van der Waals surface area contributed by atoms with E-state index in [-0.39, 0.29) is 35.6 Å². The fraction of sp³-hybridized carbons (Fsp3) is 0.484. The Kier molecular flexibility index (Phi) is 7.43. The maximum Gasteiger partial charge on any atom is 0.248 e. The number of sulfonamides is 1. The van der Waals surface area contributed by atoms with Crippen LogP contribution in [0.5, 0.6) is 5.75 Å². The summed E-state index contributed by atoms with van der Waals surface area (Å²) in [6.07, 6.45) is 0. The van der Waals surface area contributed by atoms with E-state index >= 15 is 0 Å². The van der Waals surface area contributed by atoms with Gasteiger partial charge in [0.2, 0.25) is 15.9 Å². The molecule has 2 fully saturated rings. The Morgan fingerprint density at radius 1 is 0.929 bits per heavy atom. The van der Waals surface area contributed by atoms with Crippen molar-refractivity contribution in [2.75, 3.05) is 69.3 Å². The van der Waals surface area contributed by atoms with Gasteiger partial charge in [-0.2, -0.15) is 4.31 Å². The van der Waals surface area contributed by atoms with Gasteiger partial charge in [0.25, 0.3) is 0 Å². The average molecular weight is 594 g/mol. The number of aryl methyl sites for hydroxylation is 4. The topological polar surface area (TPSA) is 99.4 Å². The number of anilines is 2. The molecule has 2 aromatic carbocycles. The van der Waals surface area contributed by atoms with Gasteiger partial charge in [0.1, 0.15) is 22.9 Å². The van der Waals surface area contributed by atoms with Gasteiger partial charge in [-0.1, -0.05) is 23.4 Å². The van der Waals surface area contributed by atoms with Gasteiger partial charge in [-0.15, -0.1) is 0 Å². The molecule has 224 valence electrons. The minimum atomic E-state index is -3.92. The molecule has 2 atom stereocenters. The van der Waals surface area contributed by atoms with Crippen LogP contribution < -0.4 is 14.5 Å². The molecule has 6 rings (SSSR count). The number of aromatic nitrogens is 1. The number of likely N-dealkylation sites (N-methyl/N-ethyl adjacent to an activating group) is 1. The van der Waals surface area contributed by atoms with Crippen LogP contribution in [0.1, 0.15) is 34.1 Å². The molecule has 3 aliphatic heterocycles. The van der Waals surface area contributed by atoms with Gasteiger partial charge in [-0.3, -0.25) is 4.79 Å². The SMILES string of the molecule is Cc1ccc(C)c(N2CCN(C(=O)[C@@H]3CN(S(=O)(=O)c4c(C)noc4C)C[C@H]3c3ccc4c(c3)OCCN4C)CC2)c1. The molecule has 1 amide bonds. The molecule has 0 saturated carbocycles. The van der Waals surface area contributed by atoms with Crippen LogP contribution in [0.25, 0.3) is 0 Å². The number of rotatable bonds is 5. The van der Waals surface area contributed by atoms with Crippen molar-refractivity contribution in [3.8, 4) is 5.75 Å². The van der Waals surface area contributed by atoms with Crippen molar-refractivity contribution in [2.45, 2.75) is 38.5 Å². The predicted molar refractivity (Wildman–Crippen MR) is 161 cm³/mol. The van der Waals surface area contributed by atoms with Gasteiger partial charge < -0.3 is 24.0 Å². The van der Waals surface area contributed by atoms with Crippen LogP contribution in [0.15, 0.2) is 45.8 Å². The van der Waals surface area contributed by atoms with Gasteiger partial charge in [-0.25, -0.2) is 8.42 Å². The molecule has 4 heterocycles. The fourth-order valence-electron chi connectivity index (χ4n) is 6.59. The van der Waals surface area contributed by atoms with Gasteiger partial charge in [0, 0.05) is 57.9 Å². The summed E-state index contributed by atoms with van der Waals surface area (Å²) in [6.45, 7) is 11.8. The third-order valence-electron chi connectivity index (χ3n) is 8.97. The first kappa shape index (κ1) is 28.5. The van der Waals surface area contributed by atoms with E-state index in [1.54, 1.807) is 13.8 Å². The molecule has 1 aromatic heterocycles. The second-order valence-electron chi connectivity index (χ2n) is 11.8. The molecule has 3 aliphatic rings. The lowest BCUT2D eigenvalue weighted by Crippen LogP contribution is -2.51. The van der Waals surface area contributed by atoms with Gasteiger partial charge in [0.05, 0.1) is 18.2 Å². The van der Waals surface area contributed by atoms with Crippen molar-refractivity contribution in [2.24, 2.45) is 5.92 Å². The summed E-state index contributed by atoms with van der Waals surface area (Å²) < 4.78 is 40.3. The van der Waals surface area contributed by atoms with Crippen LogP contribution in [0.3, 0.4) is 0 Å². The maximum absolute atomic E-state index is 14.2. The molecular formula is C31H39N5O5S. The molecule has 0 unspecified atom stereocenters. The zero-order valence-corrected chi connectivity index (χ0v) is 25.8. The second kappa shape index (κ2) is 10.9. The molecular weight excluding hydrogens is 554 g/mol. The quantitative estimate of drug-likeness (QED) is 0.444. The maximum atomic E-state index is 14.2. The summed E-state index contributed by atoms with van der Waals surface area (Å²) in [5.74, 6) is 0.180. The number of hydrogen-bond donors (Lipinski definition) is 0. The van der Waals surface area contributed by atoms with Crippen molar-refractivity contribution in [3.05, 3.63) is 64.5 Å². The van der Waals surface area contributed by atoms with Gasteiger partial charge in [-0.05, 0) is 62.6 Å². The zero-order valence-electron chi connectivity index (χ0n) is 25.0. The smallest absolute Gasteiger partial charge is 0.248 e. The van der Waals surface area contributed by atoms with Crippen LogP contribution in [0, 0.1) is 33.6 Å². The number of hydrogen-bond acceptors (Lipinski definition) is 8. The second-order valence-corrected chi connectivity index (χ2v) is 13.7. The molecule has 0 N–H and O–H groups in total. The molecule has 11 heteroatoms. The van der Waals surface area contributed by atoms with Crippen molar-refractivity contribution in [1.82, 2.24) is 14.4 Å². The number of benzene rings is 2. The predicted octanol–water partition coefficient (Wildman–Crippen LogP) is 3.49. The normalized spacial score (nSPS) is 21.4. The number of ether oxygens (including phenoxy) is 1. The molecule has 0 bridgehead atoms. The number of fused-ring (bicyclic) bond motifs is 1. The monoisotopic (exact) mass is 593 g/mol. The highest BCUT2D eigenvalue weighted by molar-refractivity contribution is 7.89. The van der Waals surface area contributed by atoms with Gasteiger partial charge >= 0.3 is 0 Å². The van der Waals surface area contributed by atoms with Crippen LogP contribution >= 0.6 is 0 Å². The lowest BCUT2D eigenvalue weighted by molar-refractivity contribution is -0.135. The number of amides is 1. The molecule has 42 heavy (non-hydrogen) atoms. The Morgan fingerprint density at radius 2 is 1.69 bits per heavy atom. The zero-order chi connectivity index (χ0) is 29.8. The third kappa shape index (κ3) is 5.02. The Labute approximate surface area is 247 Å². The van der Waals surface area contributed by atoms with Crippen LogP contribution in [-0.2, 0) is 14.8 Å². The van der Waals surface area contributed by atoms with Crippen LogP contribution in [0.2, 0.25) is 0 Å². The Hall–Kier alpha value is -3.57. The summed E-state index contributed by atoms with van der Waals surface area (Å²) >= 11 is 0. The summed E-state index contributed by atoms with van der Waals surface area (Å²) in [6, 6.07) is 12.5.